The molecule has 0 fully saturated rings. The van der Waals surface area contributed by atoms with Gasteiger partial charge in [-0.3, -0.25) is 0 Å². The van der Waals surface area contributed by atoms with Gasteiger partial charge in [0.1, 0.15) is 0 Å². The van der Waals surface area contributed by atoms with Crippen molar-refractivity contribution in [2.24, 2.45) is 0 Å². The molecule has 8 aromatic carbocycles. The monoisotopic (exact) mass is 644 g/mol. The predicted octanol–water partition coefficient (Wildman–Crippen LogP) is 14.2. The Labute approximate surface area is 286 Å². The van der Waals surface area contributed by atoms with Crippen LogP contribution in [0.2, 0.25) is 0 Å². The molecule has 0 atom stereocenters. The molecule has 0 amide bonds. The van der Waals surface area contributed by atoms with Gasteiger partial charge in [0, 0.05) is 20.2 Å². The summed E-state index contributed by atoms with van der Waals surface area (Å²) in [6, 6.07) is 62.4. The summed E-state index contributed by atoms with van der Waals surface area (Å²) in [5.41, 5.74) is 9.89. The minimum Gasteiger partial charge on any atom is -0.134 e. The number of hydrogen-bond donors (Lipinski definition) is 0. The third-order valence-corrected chi connectivity index (χ3v) is 12.2. The Bertz CT molecular complexity index is 2780. The summed E-state index contributed by atoms with van der Waals surface area (Å²) in [5.74, 6) is 0. The maximum atomic E-state index is 2.40. The lowest BCUT2D eigenvalue weighted by Crippen LogP contribution is -1.83. The lowest BCUT2D eigenvalue weighted by molar-refractivity contribution is 1.57. The molecule has 2 aromatic heterocycles. The number of rotatable bonds is 4. The molecule has 0 bridgehead atoms. The number of fused-ring (bicyclic) bond motifs is 7. The Hall–Kier alpha value is -5.54. The molecule has 0 radical (unpaired) electrons. The number of thiophene rings is 2. The Balaban J connectivity index is 0.927. The molecule has 0 unspecified atom stereocenters. The first-order valence-electron chi connectivity index (χ1n) is 16.3. The van der Waals surface area contributed by atoms with Crippen LogP contribution in [0.5, 0.6) is 0 Å². The SMILES string of the molecule is c1ccc(-c2ccc(-c3ccc(-c4ccc(-c5ccc6cc7c(cc6c5)sc5c6cc8ccccc8cc6sc75)cc4)cc3)cc2)cc1. The van der Waals surface area contributed by atoms with Gasteiger partial charge in [0.25, 0.3) is 0 Å². The van der Waals surface area contributed by atoms with Crippen molar-refractivity contribution in [1.29, 1.82) is 0 Å². The fourth-order valence-electron chi connectivity index (χ4n) is 7.06. The first-order chi connectivity index (χ1) is 23.7. The van der Waals surface area contributed by atoms with Gasteiger partial charge < -0.3 is 0 Å². The third kappa shape index (κ3) is 4.65. The second kappa shape index (κ2) is 11.0. The third-order valence-electron chi connectivity index (χ3n) is 9.67. The molecule has 10 aromatic rings. The molecule has 0 aliphatic rings. The normalized spacial score (nSPS) is 11.8. The Morgan fingerprint density at radius 2 is 0.604 bits per heavy atom. The molecule has 0 spiro atoms. The molecule has 10 rings (SSSR count). The van der Waals surface area contributed by atoms with Crippen LogP contribution in [0.15, 0.2) is 170 Å². The highest BCUT2D eigenvalue weighted by molar-refractivity contribution is 7.36. The van der Waals surface area contributed by atoms with Crippen molar-refractivity contribution < 1.29 is 0 Å². The highest BCUT2D eigenvalue weighted by atomic mass is 32.1. The molecule has 0 N–H and O–H groups in total. The standard InChI is InChI=1S/C46H28S2/c1-2-6-29(7-3-1)30-10-12-31(13-11-30)32-14-16-33(17-15-32)34-18-20-35(21-19-34)38-22-23-39-26-42-44(28-40(39)24-38)48-45-41-25-36-8-4-5-9-37(36)27-43(41)47-46(42)45/h1-28H. The molecule has 0 aliphatic heterocycles. The van der Waals surface area contributed by atoms with E-state index in [-0.39, 0.29) is 0 Å². The summed E-state index contributed by atoms with van der Waals surface area (Å²) in [6.45, 7) is 0. The molecule has 48 heavy (non-hydrogen) atoms. The van der Waals surface area contributed by atoms with Gasteiger partial charge in [0.15, 0.2) is 0 Å². The van der Waals surface area contributed by atoms with Crippen molar-refractivity contribution in [2.45, 2.75) is 0 Å². The van der Waals surface area contributed by atoms with E-state index in [2.05, 4.69) is 170 Å². The van der Waals surface area contributed by atoms with Crippen LogP contribution in [-0.2, 0) is 0 Å². The first-order valence-corrected chi connectivity index (χ1v) is 17.9. The summed E-state index contributed by atoms with van der Waals surface area (Å²) in [5, 5.41) is 7.96. The first kappa shape index (κ1) is 27.6. The van der Waals surface area contributed by atoms with Crippen molar-refractivity contribution in [2.75, 3.05) is 0 Å². The Morgan fingerprint density at radius 1 is 0.250 bits per heavy atom. The van der Waals surface area contributed by atoms with Crippen molar-refractivity contribution in [3.63, 3.8) is 0 Å². The number of benzene rings is 8. The molecule has 0 nitrogen and oxygen atoms in total. The van der Waals surface area contributed by atoms with E-state index in [0.717, 1.165) is 0 Å². The van der Waals surface area contributed by atoms with Gasteiger partial charge >= 0.3 is 0 Å². The van der Waals surface area contributed by atoms with E-state index in [4.69, 9.17) is 0 Å². The average Bonchev–Trinajstić information content (AvgIpc) is 3.68. The summed E-state index contributed by atoms with van der Waals surface area (Å²) in [4.78, 5) is 0. The molecular formula is C46H28S2. The predicted molar refractivity (Wildman–Crippen MR) is 211 cm³/mol. The lowest BCUT2D eigenvalue weighted by atomic mass is 9.96. The van der Waals surface area contributed by atoms with E-state index in [9.17, 15) is 0 Å². The zero-order valence-electron chi connectivity index (χ0n) is 26.0. The van der Waals surface area contributed by atoms with Gasteiger partial charge in [-0.2, -0.15) is 0 Å². The van der Waals surface area contributed by atoms with Crippen LogP contribution in [-0.4, -0.2) is 0 Å². The van der Waals surface area contributed by atoms with E-state index in [1.54, 1.807) is 0 Å². The van der Waals surface area contributed by atoms with Crippen molar-refractivity contribution in [1.82, 2.24) is 0 Å². The number of hydrogen-bond acceptors (Lipinski definition) is 2. The quantitative estimate of drug-likeness (QED) is 0.179. The van der Waals surface area contributed by atoms with Gasteiger partial charge in [0.2, 0.25) is 0 Å². The van der Waals surface area contributed by atoms with Crippen LogP contribution < -0.4 is 0 Å². The minimum absolute atomic E-state index is 1.23. The van der Waals surface area contributed by atoms with Crippen LogP contribution in [0.4, 0.5) is 0 Å². The molecule has 2 heterocycles. The highest BCUT2D eigenvalue weighted by Crippen LogP contribution is 2.46. The Kier molecular flexibility index (Phi) is 6.33. The Morgan fingerprint density at radius 3 is 1.10 bits per heavy atom. The molecule has 0 aliphatic carbocycles. The minimum atomic E-state index is 1.23. The molecule has 0 saturated heterocycles. The van der Waals surface area contributed by atoms with Gasteiger partial charge in [-0.15, -0.1) is 22.7 Å². The van der Waals surface area contributed by atoms with Gasteiger partial charge in [-0.25, -0.2) is 0 Å². The fourth-order valence-corrected chi connectivity index (χ4v) is 9.76. The van der Waals surface area contributed by atoms with E-state index < -0.39 is 0 Å². The maximum Gasteiger partial charge on any atom is 0.0542 e. The van der Waals surface area contributed by atoms with E-state index >= 15 is 0 Å². The van der Waals surface area contributed by atoms with Crippen molar-refractivity contribution >= 4 is 73.8 Å². The lowest BCUT2D eigenvalue weighted by Gasteiger charge is -2.09. The largest absolute Gasteiger partial charge is 0.134 e. The van der Waals surface area contributed by atoms with Crippen LogP contribution in [0, 0.1) is 0 Å². The molecule has 0 saturated carbocycles. The van der Waals surface area contributed by atoms with Crippen LogP contribution >= 0.6 is 22.7 Å². The van der Waals surface area contributed by atoms with E-state index in [0.29, 0.717) is 0 Å². The van der Waals surface area contributed by atoms with Crippen molar-refractivity contribution in [3.05, 3.63) is 170 Å². The van der Waals surface area contributed by atoms with Crippen LogP contribution in [0.25, 0.3) is 95.6 Å². The van der Waals surface area contributed by atoms with Gasteiger partial charge in [-0.1, -0.05) is 140 Å². The smallest absolute Gasteiger partial charge is 0.0542 e. The summed E-state index contributed by atoms with van der Waals surface area (Å²) in [7, 11) is 0. The van der Waals surface area contributed by atoms with Gasteiger partial charge in [0.05, 0.1) is 9.40 Å². The molecular weight excluding hydrogens is 617 g/mol. The van der Waals surface area contributed by atoms with E-state index in [1.807, 2.05) is 22.7 Å². The van der Waals surface area contributed by atoms with Crippen LogP contribution in [0.1, 0.15) is 0 Å². The zero-order chi connectivity index (χ0) is 31.6. The highest BCUT2D eigenvalue weighted by Gasteiger charge is 2.14. The zero-order valence-corrected chi connectivity index (χ0v) is 27.6. The summed E-state index contributed by atoms with van der Waals surface area (Å²) in [6.07, 6.45) is 0. The molecule has 224 valence electrons. The van der Waals surface area contributed by atoms with Crippen molar-refractivity contribution in [3.8, 4) is 44.5 Å². The maximum absolute atomic E-state index is 2.40. The second-order valence-corrected chi connectivity index (χ2v) is 14.7. The van der Waals surface area contributed by atoms with Gasteiger partial charge in [-0.05, 0) is 96.4 Å². The average molecular weight is 645 g/mol. The van der Waals surface area contributed by atoms with Crippen LogP contribution in [0.3, 0.4) is 0 Å². The summed E-state index contributed by atoms with van der Waals surface area (Å²) >= 11 is 3.86. The second-order valence-electron chi connectivity index (χ2n) is 12.6. The molecule has 2 heteroatoms. The van der Waals surface area contributed by atoms with E-state index in [1.165, 1.54) is 95.6 Å². The summed E-state index contributed by atoms with van der Waals surface area (Å²) < 4.78 is 5.56. The fraction of sp³-hybridized carbons (Fsp3) is 0. The topological polar surface area (TPSA) is 0 Å².